The first kappa shape index (κ1) is 22.3. The Balaban J connectivity index is 1.62. The molecule has 0 saturated carbocycles. The van der Waals surface area contributed by atoms with Crippen LogP contribution in [0.15, 0.2) is 30.3 Å². The summed E-state index contributed by atoms with van der Waals surface area (Å²) in [5, 5.41) is 4.83. The summed E-state index contributed by atoms with van der Waals surface area (Å²) in [6.45, 7) is 3.06. The van der Waals surface area contributed by atoms with Crippen molar-refractivity contribution in [1.29, 1.82) is 0 Å². The number of ketones is 1. The fourth-order valence-electron chi connectivity index (χ4n) is 3.30. The molecule has 0 atom stereocenters. The largest absolute Gasteiger partial charge is 0.527 e. The lowest BCUT2D eigenvalue weighted by atomic mass is 10.0. The zero-order valence-corrected chi connectivity index (χ0v) is 17.4. The van der Waals surface area contributed by atoms with Gasteiger partial charge in [0.05, 0.1) is 24.8 Å². The van der Waals surface area contributed by atoms with Crippen LogP contribution in [-0.2, 0) is 9.57 Å². The lowest BCUT2D eigenvalue weighted by molar-refractivity contribution is -0.137. The van der Waals surface area contributed by atoms with Crippen LogP contribution in [0.3, 0.4) is 0 Å². The number of hydrogen-bond donors (Lipinski definition) is 2. The maximum atomic E-state index is 13.6. The number of methoxy groups -OCH3 is 1. The molecule has 9 nitrogen and oxygen atoms in total. The quantitative estimate of drug-likeness (QED) is 0.503. The molecule has 0 radical (unpaired) electrons. The highest BCUT2D eigenvalue weighted by Crippen LogP contribution is 2.26. The van der Waals surface area contributed by atoms with E-state index in [9.17, 15) is 14.0 Å². The lowest BCUT2D eigenvalue weighted by Crippen LogP contribution is -2.40. The van der Waals surface area contributed by atoms with E-state index in [1.54, 1.807) is 24.1 Å². The highest BCUT2D eigenvalue weighted by Gasteiger charge is 2.23. The maximum Gasteiger partial charge on any atom is 0.527 e. The smallest absolute Gasteiger partial charge is 0.496 e. The first-order chi connectivity index (χ1) is 14.9. The Bertz CT molecular complexity index is 947. The number of rotatable bonds is 7. The van der Waals surface area contributed by atoms with E-state index in [1.807, 2.05) is 0 Å². The number of carbonyl (C=O) groups is 2. The van der Waals surface area contributed by atoms with Crippen LogP contribution in [0.25, 0.3) is 0 Å². The number of carbonyl (C=O) groups excluding carboxylic acids is 2. The van der Waals surface area contributed by atoms with Crippen molar-refractivity contribution < 1.29 is 28.3 Å². The highest BCUT2D eigenvalue weighted by molar-refractivity contribution is 6.13. The van der Waals surface area contributed by atoms with Crippen LogP contribution in [0.1, 0.15) is 35.7 Å². The summed E-state index contributed by atoms with van der Waals surface area (Å²) >= 11 is 0. The van der Waals surface area contributed by atoms with Gasteiger partial charge < -0.3 is 25.4 Å². The Morgan fingerprint density at radius 1 is 1.23 bits per heavy atom. The number of anilines is 2. The van der Waals surface area contributed by atoms with Crippen LogP contribution in [0.5, 0.6) is 5.75 Å². The fourth-order valence-corrected chi connectivity index (χ4v) is 3.30. The molecule has 10 heteroatoms. The van der Waals surface area contributed by atoms with Gasteiger partial charge in [-0.3, -0.25) is 4.79 Å². The van der Waals surface area contributed by atoms with Gasteiger partial charge in [-0.2, -0.15) is 0 Å². The second-order valence-corrected chi connectivity index (χ2v) is 6.92. The van der Waals surface area contributed by atoms with Crippen molar-refractivity contribution in [1.82, 2.24) is 10.0 Å². The molecule has 0 bridgehead atoms. The minimum Gasteiger partial charge on any atom is -0.496 e. The number of nitrogen functional groups attached to an aromatic ring is 1. The second kappa shape index (κ2) is 10.1. The van der Waals surface area contributed by atoms with Crippen molar-refractivity contribution in [3.8, 4) is 5.75 Å². The van der Waals surface area contributed by atoms with Crippen molar-refractivity contribution in [3.05, 3.63) is 47.3 Å². The van der Waals surface area contributed by atoms with Crippen molar-refractivity contribution in [2.45, 2.75) is 25.8 Å². The number of nitrogens with one attached hydrogen (secondary N) is 1. The van der Waals surface area contributed by atoms with Gasteiger partial charge in [0.25, 0.3) is 0 Å². The second-order valence-electron chi connectivity index (χ2n) is 6.92. The molecule has 2 aromatic rings. The Hall–Kier alpha value is -3.40. The predicted octanol–water partition coefficient (Wildman–Crippen LogP) is 3.01. The third kappa shape index (κ3) is 5.60. The van der Waals surface area contributed by atoms with Crippen LogP contribution in [-0.4, -0.2) is 54.8 Å². The molecule has 0 aliphatic carbocycles. The summed E-state index contributed by atoms with van der Waals surface area (Å²) in [4.78, 5) is 33.6. The number of aromatic nitrogens is 1. The number of ether oxygens (including phenoxy) is 2. The molecule has 166 valence electrons. The monoisotopic (exact) mass is 432 g/mol. The molecule has 1 aliphatic rings. The Morgan fingerprint density at radius 2 is 1.97 bits per heavy atom. The third-order valence-corrected chi connectivity index (χ3v) is 4.85. The Morgan fingerprint density at radius 3 is 2.61 bits per heavy atom. The Labute approximate surface area is 179 Å². The van der Waals surface area contributed by atoms with E-state index in [0.717, 1.165) is 6.07 Å². The predicted molar refractivity (Wildman–Crippen MR) is 111 cm³/mol. The molecule has 1 saturated heterocycles. The van der Waals surface area contributed by atoms with E-state index in [4.69, 9.17) is 20.0 Å². The first-order valence-electron chi connectivity index (χ1n) is 9.92. The van der Waals surface area contributed by atoms with E-state index in [0.29, 0.717) is 31.7 Å². The summed E-state index contributed by atoms with van der Waals surface area (Å²) in [5.41, 5.74) is 6.25. The SMILES string of the molecule is CCOC(=O)ON1CCC(Nc2ccc(C(=O)c3cc(F)ccc3OC)c(N)n2)CC1. The molecule has 2 heterocycles. The van der Waals surface area contributed by atoms with Crippen molar-refractivity contribution in [2.75, 3.05) is 37.9 Å². The van der Waals surface area contributed by atoms with Crippen molar-refractivity contribution in [3.63, 3.8) is 0 Å². The molecular formula is C21H25FN4O5. The summed E-state index contributed by atoms with van der Waals surface area (Å²) < 4.78 is 23.5. The summed E-state index contributed by atoms with van der Waals surface area (Å²) in [7, 11) is 1.40. The number of halogens is 1. The molecule has 31 heavy (non-hydrogen) atoms. The Kier molecular flexibility index (Phi) is 7.24. The van der Waals surface area contributed by atoms with E-state index >= 15 is 0 Å². The van der Waals surface area contributed by atoms with Crippen LogP contribution in [0, 0.1) is 5.82 Å². The average molecular weight is 432 g/mol. The molecule has 3 rings (SSSR count). The van der Waals surface area contributed by atoms with E-state index in [1.165, 1.54) is 19.2 Å². The zero-order chi connectivity index (χ0) is 22.4. The minimum atomic E-state index is -0.710. The van der Waals surface area contributed by atoms with Gasteiger partial charge in [0, 0.05) is 19.1 Å². The number of hydrogen-bond acceptors (Lipinski definition) is 9. The standard InChI is InChI=1S/C21H25FN4O5/c1-3-30-21(28)31-26-10-8-14(9-11-26)24-18-7-5-15(20(23)25-18)19(27)16-12-13(22)4-6-17(16)29-2/h4-7,12,14H,3,8-11H2,1-2H3,(H3,23,24,25). The van der Waals surface area contributed by atoms with Crippen molar-refractivity contribution >= 4 is 23.6 Å². The average Bonchev–Trinajstić information content (AvgIpc) is 2.75. The molecule has 3 N–H and O–H groups in total. The van der Waals surface area contributed by atoms with Gasteiger partial charge >= 0.3 is 6.16 Å². The van der Waals surface area contributed by atoms with Crippen LogP contribution >= 0.6 is 0 Å². The van der Waals surface area contributed by atoms with Gasteiger partial charge in [0.1, 0.15) is 23.2 Å². The van der Waals surface area contributed by atoms with Crippen LogP contribution in [0.4, 0.5) is 20.8 Å². The third-order valence-electron chi connectivity index (χ3n) is 4.85. The number of pyridine rings is 1. The van der Waals surface area contributed by atoms with E-state index in [-0.39, 0.29) is 35.3 Å². The number of hydroxylamine groups is 2. The minimum absolute atomic E-state index is 0.0318. The normalized spacial score (nSPS) is 14.7. The van der Waals surface area contributed by atoms with Gasteiger partial charge in [-0.25, -0.2) is 14.2 Å². The summed E-state index contributed by atoms with van der Waals surface area (Å²) in [6, 6.07) is 7.01. The number of nitrogens with two attached hydrogens (primary N) is 1. The molecule has 0 spiro atoms. The van der Waals surface area contributed by atoms with Gasteiger partial charge in [-0.15, -0.1) is 5.06 Å². The molecule has 1 aromatic carbocycles. The molecule has 1 fully saturated rings. The zero-order valence-electron chi connectivity index (χ0n) is 17.4. The highest BCUT2D eigenvalue weighted by atomic mass is 19.1. The molecule has 0 unspecified atom stereocenters. The van der Waals surface area contributed by atoms with Gasteiger partial charge in [0.2, 0.25) is 5.78 Å². The molecular weight excluding hydrogens is 407 g/mol. The maximum absolute atomic E-state index is 13.6. The van der Waals surface area contributed by atoms with E-state index < -0.39 is 17.8 Å². The fraction of sp³-hybridized carbons (Fsp3) is 0.381. The van der Waals surface area contributed by atoms with Gasteiger partial charge in [-0.05, 0) is 50.1 Å². The molecule has 1 aromatic heterocycles. The van der Waals surface area contributed by atoms with Gasteiger partial charge in [0.15, 0.2) is 0 Å². The van der Waals surface area contributed by atoms with E-state index in [2.05, 4.69) is 10.3 Å². The van der Waals surface area contributed by atoms with Crippen LogP contribution < -0.4 is 15.8 Å². The number of benzene rings is 1. The molecule has 1 aliphatic heterocycles. The first-order valence-corrected chi connectivity index (χ1v) is 9.92. The lowest BCUT2D eigenvalue weighted by Gasteiger charge is -2.30. The van der Waals surface area contributed by atoms with Crippen LogP contribution in [0.2, 0.25) is 0 Å². The number of piperidine rings is 1. The summed E-state index contributed by atoms with van der Waals surface area (Å²) in [5.74, 6) is -0.219. The molecule has 0 amide bonds. The summed E-state index contributed by atoms with van der Waals surface area (Å²) in [6.07, 6.45) is 0.711. The van der Waals surface area contributed by atoms with Gasteiger partial charge in [-0.1, -0.05) is 0 Å². The number of nitrogens with zero attached hydrogens (tertiary/aromatic N) is 2. The van der Waals surface area contributed by atoms with Crippen molar-refractivity contribution in [2.24, 2.45) is 0 Å². The topological polar surface area (TPSA) is 116 Å².